The van der Waals surface area contributed by atoms with E-state index in [2.05, 4.69) is 86.4 Å². The van der Waals surface area contributed by atoms with Crippen LogP contribution in [-0.2, 0) is 57.2 Å². The summed E-state index contributed by atoms with van der Waals surface area (Å²) in [7, 11) is 6.99. The molecule has 1 unspecified atom stereocenters. The second-order valence-electron chi connectivity index (χ2n) is 15.0. The Kier molecular flexibility index (Phi) is 11.1. The van der Waals surface area contributed by atoms with Crippen LogP contribution in [-0.4, -0.2) is 61.0 Å². The van der Waals surface area contributed by atoms with Gasteiger partial charge in [-0.3, -0.25) is 4.79 Å². The normalized spacial score (nSPS) is 18.4. The Bertz CT molecular complexity index is 1890. The molecule has 7 nitrogen and oxygen atoms in total. The zero-order valence-electron chi connectivity index (χ0n) is 31.8. The molecule has 0 aromatic heterocycles. The summed E-state index contributed by atoms with van der Waals surface area (Å²) in [6.07, 6.45) is 7.18. The Hall–Kier alpha value is -4.21. The lowest BCUT2D eigenvalue weighted by molar-refractivity contribution is -0.198. The van der Waals surface area contributed by atoms with Crippen LogP contribution in [0.5, 0.6) is 11.5 Å². The lowest BCUT2D eigenvalue weighted by Gasteiger charge is -2.33. The van der Waals surface area contributed by atoms with Crippen molar-refractivity contribution in [2.24, 2.45) is 5.92 Å². The van der Waals surface area contributed by atoms with Crippen molar-refractivity contribution in [2.75, 3.05) is 35.5 Å². The Balaban J connectivity index is 0.000000141. The van der Waals surface area contributed by atoms with E-state index in [0.717, 1.165) is 66.9 Å². The smallest absolute Gasteiger partial charge is 0.242 e. The average molecular weight is 721 g/mol. The van der Waals surface area contributed by atoms with E-state index in [1.54, 1.807) is 35.5 Å². The molecule has 0 aliphatic heterocycles. The van der Waals surface area contributed by atoms with Crippen molar-refractivity contribution >= 4 is 19.9 Å². The molecule has 274 valence electrons. The zero-order chi connectivity index (χ0) is 37.1. The van der Waals surface area contributed by atoms with E-state index in [-0.39, 0.29) is 11.7 Å². The number of Topliss-reactive ketones (excluding diaryl/α,β-unsaturated/α-hetero) is 1. The number of rotatable bonds is 8. The molecule has 0 bridgehead atoms. The molecule has 0 amide bonds. The van der Waals surface area contributed by atoms with Gasteiger partial charge in [-0.05, 0) is 108 Å². The molecule has 0 radical (unpaired) electrons. The standard InChI is InChI=1S/C20H20O3.C13H18O2Si.C11H14O2/c1-22-16-7-8-17-15(9-16)10-18(19(17)21)20(23-2)11-13-5-3-4-6-14(13)12-20;1-14-11-6-7-12-10(9-11)5-8-13(12)15-16(2,3)4;1-12-11(13-2)7-9-5-3-4-6-10(9)8-11/h3-9,18H,10-12H2,1-2H3;6-9H,5H2,1-4H3;3-6H,7-8H2,1-2H3. The molecule has 8 rings (SSSR count). The van der Waals surface area contributed by atoms with Crippen LogP contribution in [0.4, 0.5) is 0 Å². The summed E-state index contributed by atoms with van der Waals surface area (Å²) in [5.74, 6) is 2.44. The third kappa shape index (κ3) is 7.76. The van der Waals surface area contributed by atoms with Crippen LogP contribution in [0, 0.1) is 5.92 Å². The molecule has 4 aliphatic rings. The largest absolute Gasteiger partial charge is 0.544 e. The Morgan fingerprint density at radius 2 is 1.10 bits per heavy atom. The van der Waals surface area contributed by atoms with Gasteiger partial charge in [0.25, 0.3) is 0 Å². The number of carbonyl (C=O) groups is 1. The van der Waals surface area contributed by atoms with Crippen molar-refractivity contribution in [3.8, 4) is 11.5 Å². The summed E-state index contributed by atoms with van der Waals surface area (Å²) in [6, 6.07) is 28.7. The third-order valence-corrected chi connectivity index (χ3v) is 11.6. The second kappa shape index (κ2) is 15.4. The predicted molar refractivity (Wildman–Crippen MR) is 208 cm³/mol. The number of benzene rings is 4. The Morgan fingerprint density at radius 3 is 1.58 bits per heavy atom. The molecular weight excluding hydrogens is 669 g/mol. The quantitative estimate of drug-likeness (QED) is 0.134. The molecule has 4 aromatic carbocycles. The SMILES string of the molecule is COC1(OC)Cc2ccccc2C1.COc1ccc2c(c1)CC(C1(OC)Cc3ccccc3C1)C2=O.COc1ccc2c(c1)CC=C2O[Si](C)(C)C. The number of carbonyl (C=O) groups excluding carboxylic acids is 1. The van der Waals surface area contributed by atoms with Crippen molar-refractivity contribution in [3.05, 3.63) is 136 Å². The van der Waals surface area contributed by atoms with E-state index in [1.807, 2.05) is 24.3 Å². The van der Waals surface area contributed by atoms with Crippen LogP contribution in [0.15, 0.2) is 91.0 Å². The number of hydrogen-bond donors (Lipinski definition) is 0. The van der Waals surface area contributed by atoms with Crippen LogP contribution >= 0.6 is 0 Å². The first-order valence-electron chi connectivity index (χ1n) is 18.0. The van der Waals surface area contributed by atoms with E-state index in [4.69, 9.17) is 28.1 Å². The van der Waals surface area contributed by atoms with Crippen LogP contribution in [0.2, 0.25) is 19.6 Å². The Morgan fingerprint density at radius 1 is 0.596 bits per heavy atom. The van der Waals surface area contributed by atoms with Gasteiger partial charge >= 0.3 is 0 Å². The number of hydrogen-bond acceptors (Lipinski definition) is 7. The molecule has 52 heavy (non-hydrogen) atoms. The zero-order valence-corrected chi connectivity index (χ0v) is 32.8. The lowest BCUT2D eigenvalue weighted by Crippen LogP contribution is -2.44. The summed E-state index contributed by atoms with van der Waals surface area (Å²) in [5.41, 5.74) is 9.28. The highest BCUT2D eigenvalue weighted by Gasteiger charge is 2.50. The maximum absolute atomic E-state index is 13.0. The molecule has 0 spiro atoms. The van der Waals surface area contributed by atoms with Gasteiger partial charge in [-0.15, -0.1) is 0 Å². The average Bonchev–Trinajstić information content (AvgIpc) is 3.93. The van der Waals surface area contributed by atoms with Gasteiger partial charge < -0.3 is 28.1 Å². The van der Waals surface area contributed by atoms with E-state index < -0.39 is 19.7 Å². The lowest BCUT2D eigenvalue weighted by atomic mass is 9.81. The minimum atomic E-state index is -1.51. The van der Waals surface area contributed by atoms with Gasteiger partial charge in [-0.25, -0.2) is 0 Å². The molecule has 8 heteroatoms. The highest BCUT2D eigenvalue weighted by atomic mass is 28.4. The summed E-state index contributed by atoms with van der Waals surface area (Å²) < 4.78 is 33.4. The first kappa shape index (κ1) is 37.5. The summed E-state index contributed by atoms with van der Waals surface area (Å²) in [5, 5.41) is 0. The molecule has 0 fully saturated rings. The molecule has 0 N–H and O–H groups in total. The minimum Gasteiger partial charge on any atom is -0.544 e. The van der Waals surface area contributed by atoms with Gasteiger partial charge in [0.2, 0.25) is 8.32 Å². The first-order valence-corrected chi connectivity index (χ1v) is 21.4. The molecule has 0 saturated heterocycles. The number of fused-ring (bicyclic) bond motifs is 4. The van der Waals surface area contributed by atoms with Crippen LogP contribution in [0.25, 0.3) is 5.76 Å². The molecule has 0 saturated carbocycles. The van der Waals surface area contributed by atoms with Gasteiger partial charge in [0.15, 0.2) is 11.6 Å². The Labute approximate surface area is 310 Å². The van der Waals surface area contributed by atoms with Gasteiger partial charge in [-0.1, -0.05) is 48.5 Å². The summed E-state index contributed by atoms with van der Waals surface area (Å²) in [4.78, 5) is 13.0. The van der Waals surface area contributed by atoms with E-state index in [0.29, 0.717) is 0 Å². The van der Waals surface area contributed by atoms with Crippen molar-refractivity contribution in [2.45, 2.75) is 69.6 Å². The van der Waals surface area contributed by atoms with Gasteiger partial charge in [0.05, 0.1) is 25.7 Å². The number of ether oxygens (including phenoxy) is 5. The number of allylic oxidation sites excluding steroid dienone is 1. The van der Waals surface area contributed by atoms with Crippen molar-refractivity contribution in [1.29, 1.82) is 0 Å². The maximum atomic E-state index is 13.0. The molecule has 4 aliphatic carbocycles. The molecular formula is C44H52O7Si. The first-order chi connectivity index (χ1) is 25.0. The molecule has 1 atom stereocenters. The highest BCUT2D eigenvalue weighted by molar-refractivity contribution is 6.70. The molecule has 4 aromatic rings. The van der Waals surface area contributed by atoms with Crippen LogP contribution < -0.4 is 9.47 Å². The minimum absolute atomic E-state index is 0.123. The molecule has 0 heterocycles. The topological polar surface area (TPSA) is 72.5 Å². The monoisotopic (exact) mass is 720 g/mol. The fourth-order valence-electron chi connectivity index (χ4n) is 7.94. The van der Waals surface area contributed by atoms with Crippen molar-refractivity contribution in [1.82, 2.24) is 0 Å². The number of ketones is 1. The third-order valence-electron chi connectivity index (χ3n) is 10.7. The van der Waals surface area contributed by atoms with Crippen LogP contribution in [0.3, 0.4) is 0 Å². The van der Waals surface area contributed by atoms with Crippen LogP contribution in [0.1, 0.15) is 49.3 Å². The highest BCUT2D eigenvalue weighted by Crippen LogP contribution is 2.44. The van der Waals surface area contributed by atoms with E-state index in [9.17, 15) is 4.79 Å². The summed E-state index contributed by atoms with van der Waals surface area (Å²) >= 11 is 0. The van der Waals surface area contributed by atoms with Crippen molar-refractivity contribution in [3.63, 3.8) is 0 Å². The van der Waals surface area contributed by atoms with Gasteiger partial charge in [0.1, 0.15) is 17.3 Å². The summed E-state index contributed by atoms with van der Waals surface area (Å²) in [6.45, 7) is 6.61. The van der Waals surface area contributed by atoms with E-state index >= 15 is 0 Å². The fraction of sp³-hybridized carbons (Fsp3) is 0.386. The fourth-order valence-corrected chi connectivity index (χ4v) is 8.79. The number of methoxy groups -OCH3 is 5. The van der Waals surface area contributed by atoms with Crippen molar-refractivity contribution < 1.29 is 32.9 Å². The predicted octanol–water partition coefficient (Wildman–Crippen LogP) is 8.45. The van der Waals surface area contributed by atoms with Gasteiger partial charge in [-0.2, -0.15) is 0 Å². The second-order valence-corrected chi connectivity index (χ2v) is 19.4. The maximum Gasteiger partial charge on any atom is 0.242 e. The van der Waals surface area contributed by atoms with Gasteiger partial charge in [0, 0.05) is 58.1 Å². The van der Waals surface area contributed by atoms with E-state index in [1.165, 1.54) is 33.4 Å².